The second kappa shape index (κ2) is 5.99. The Balaban J connectivity index is 2.11. The monoisotopic (exact) mass is 304 g/mol. The predicted molar refractivity (Wildman–Crippen MR) is 75.5 cm³/mol. The van der Waals surface area contributed by atoms with Crippen LogP contribution in [0.4, 0.5) is 0 Å². The van der Waals surface area contributed by atoms with Gasteiger partial charge in [0.25, 0.3) is 10.2 Å². The molecule has 0 bridgehead atoms. The van der Waals surface area contributed by atoms with Crippen molar-refractivity contribution in [1.82, 2.24) is 9.03 Å². The Bertz CT molecular complexity index is 451. The summed E-state index contributed by atoms with van der Waals surface area (Å²) >= 11 is 0. The van der Waals surface area contributed by atoms with Gasteiger partial charge in [-0.3, -0.25) is 4.79 Å². The molecule has 2 fully saturated rings. The third kappa shape index (κ3) is 3.15. The van der Waals surface area contributed by atoms with E-state index in [4.69, 9.17) is 0 Å². The van der Waals surface area contributed by atoms with E-state index < -0.39 is 21.7 Å². The van der Waals surface area contributed by atoms with Gasteiger partial charge in [0.05, 0.1) is 0 Å². The first-order chi connectivity index (χ1) is 9.37. The number of hydrogen-bond donors (Lipinski definition) is 2. The lowest BCUT2D eigenvalue weighted by molar-refractivity contribution is -0.143. The molecule has 2 N–H and O–H groups in total. The Hall–Kier alpha value is -0.660. The molecule has 0 aromatic carbocycles. The van der Waals surface area contributed by atoms with E-state index in [0.717, 1.165) is 44.9 Å². The van der Waals surface area contributed by atoms with Gasteiger partial charge in [-0.2, -0.15) is 17.4 Å². The summed E-state index contributed by atoms with van der Waals surface area (Å²) in [6.07, 6.45) is 7.19. The van der Waals surface area contributed by atoms with E-state index in [-0.39, 0.29) is 6.04 Å². The van der Waals surface area contributed by atoms with Crippen molar-refractivity contribution in [3.63, 3.8) is 0 Å². The lowest BCUT2D eigenvalue weighted by Crippen LogP contribution is -2.57. The zero-order valence-electron chi connectivity index (χ0n) is 12.0. The summed E-state index contributed by atoms with van der Waals surface area (Å²) in [5, 5.41) is 9.37. The highest BCUT2D eigenvalue weighted by Crippen LogP contribution is 2.32. The topological polar surface area (TPSA) is 86.7 Å². The standard InChI is InChI=1S/C13H24N2O4S/c1-15(11-7-3-2-4-8-11)20(18,19)14-13(12(16)17)9-5-6-10-13/h11,14H,2-10H2,1H3,(H,16,17). The number of aliphatic carboxylic acids is 1. The molecule has 0 spiro atoms. The fourth-order valence-corrected chi connectivity index (χ4v) is 4.83. The molecular formula is C13H24N2O4S. The molecule has 7 heteroatoms. The van der Waals surface area contributed by atoms with Crippen LogP contribution in [0.1, 0.15) is 57.8 Å². The maximum Gasteiger partial charge on any atom is 0.324 e. The van der Waals surface area contributed by atoms with Gasteiger partial charge in [0.1, 0.15) is 5.54 Å². The zero-order valence-corrected chi connectivity index (χ0v) is 12.8. The Labute approximate surface area is 120 Å². The molecule has 0 aromatic rings. The molecule has 0 amide bonds. The first kappa shape index (κ1) is 15.7. The van der Waals surface area contributed by atoms with E-state index in [9.17, 15) is 18.3 Å². The smallest absolute Gasteiger partial charge is 0.324 e. The maximum absolute atomic E-state index is 12.4. The molecule has 116 valence electrons. The number of hydrogen-bond acceptors (Lipinski definition) is 3. The molecule has 0 atom stereocenters. The summed E-state index contributed by atoms with van der Waals surface area (Å²) in [6, 6.07) is -0.00602. The van der Waals surface area contributed by atoms with Crippen molar-refractivity contribution in [3.05, 3.63) is 0 Å². The van der Waals surface area contributed by atoms with Crippen LogP contribution in [-0.2, 0) is 15.0 Å². The summed E-state index contributed by atoms with van der Waals surface area (Å²) in [6.45, 7) is 0. The van der Waals surface area contributed by atoms with Crippen LogP contribution in [0.15, 0.2) is 0 Å². The van der Waals surface area contributed by atoms with Crippen molar-refractivity contribution in [2.45, 2.75) is 69.4 Å². The second-order valence-electron chi connectivity index (χ2n) is 6.01. The first-order valence-electron chi connectivity index (χ1n) is 7.38. The average molecular weight is 304 g/mol. The number of carboxylic acids is 1. The Morgan fingerprint density at radius 3 is 2.20 bits per heavy atom. The van der Waals surface area contributed by atoms with Crippen LogP contribution in [0.25, 0.3) is 0 Å². The number of nitrogens with zero attached hydrogens (tertiary/aromatic N) is 1. The van der Waals surface area contributed by atoms with Crippen molar-refractivity contribution in [1.29, 1.82) is 0 Å². The Morgan fingerprint density at radius 2 is 1.70 bits per heavy atom. The quantitative estimate of drug-likeness (QED) is 0.805. The molecule has 2 aliphatic carbocycles. The normalized spacial score (nSPS) is 24.1. The minimum atomic E-state index is -3.74. The molecule has 0 heterocycles. The molecule has 0 aliphatic heterocycles. The summed E-state index contributed by atoms with van der Waals surface area (Å²) in [4.78, 5) is 11.5. The van der Waals surface area contributed by atoms with E-state index in [1.54, 1.807) is 7.05 Å². The molecule has 2 rings (SSSR count). The summed E-state index contributed by atoms with van der Waals surface area (Å²) in [5.41, 5.74) is -1.30. The fraction of sp³-hybridized carbons (Fsp3) is 0.923. The van der Waals surface area contributed by atoms with Crippen LogP contribution < -0.4 is 4.72 Å². The largest absolute Gasteiger partial charge is 0.480 e. The minimum absolute atomic E-state index is 0.00602. The SMILES string of the molecule is CN(C1CCCCC1)S(=O)(=O)NC1(C(=O)O)CCCC1. The van der Waals surface area contributed by atoms with Gasteiger partial charge in [0.15, 0.2) is 0 Å². The average Bonchev–Trinajstić information content (AvgIpc) is 2.88. The molecule has 0 radical (unpaired) electrons. The van der Waals surface area contributed by atoms with Gasteiger partial charge in [0.2, 0.25) is 0 Å². The Morgan fingerprint density at radius 1 is 1.15 bits per heavy atom. The van der Waals surface area contributed by atoms with Crippen LogP contribution in [0.5, 0.6) is 0 Å². The molecular weight excluding hydrogens is 280 g/mol. The molecule has 2 aliphatic rings. The number of carboxylic acid groups (broad SMARTS) is 1. The van der Waals surface area contributed by atoms with Crippen LogP contribution in [0.3, 0.4) is 0 Å². The van der Waals surface area contributed by atoms with Gasteiger partial charge in [0, 0.05) is 13.1 Å². The highest BCUT2D eigenvalue weighted by molar-refractivity contribution is 7.87. The first-order valence-corrected chi connectivity index (χ1v) is 8.82. The molecule has 20 heavy (non-hydrogen) atoms. The van der Waals surface area contributed by atoms with Gasteiger partial charge in [-0.15, -0.1) is 0 Å². The predicted octanol–water partition coefficient (Wildman–Crippen LogP) is 1.48. The van der Waals surface area contributed by atoms with E-state index in [1.165, 1.54) is 4.31 Å². The molecule has 6 nitrogen and oxygen atoms in total. The van der Waals surface area contributed by atoms with Crippen molar-refractivity contribution < 1.29 is 18.3 Å². The summed E-state index contributed by atoms with van der Waals surface area (Å²) in [7, 11) is -2.19. The van der Waals surface area contributed by atoms with Crippen molar-refractivity contribution in [3.8, 4) is 0 Å². The maximum atomic E-state index is 12.4. The lowest BCUT2D eigenvalue weighted by Gasteiger charge is -2.33. The third-order valence-corrected chi connectivity index (χ3v) is 6.36. The van der Waals surface area contributed by atoms with E-state index >= 15 is 0 Å². The van der Waals surface area contributed by atoms with E-state index in [2.05, 4.69) is 4.72 Å². The minimum Gasteiger partial charge on any atom is -0.480 e. The van der Waals surface area contributed by atoms with Gasteiger partial charge in [-0.05, 0) is 25.7 Å². The highest BCUT2D eigenvalue weighted by Gasteiger charge is 2.46. The second-order valence-corrected chi connectivity index (χ2v) is 7.74. The molecule has 0 saturated heterocycles. The number of rotatable bonds is 5. The van der Waals surface area contributed by atoms with E-state index in [1.807, 2.05) is 0 Å². The Kier molecular flexibility index (Phi) is 4.71. The molecule has 0 unspecified atom stereocenters. The summed E-state index contributed by atoms with van der Waals surface area (Å²) < 4.78 is 28.7. The molecule has 2 saturated carbocycles. The number of carbonyl (C=O) groups is 1. The van der Waals surface area contributed by atoms with E-state index in [0.29, 0.717) is 12.8 Å². The fourth-order valence-electron chi connectivity index (χ4n) is 3.30. The van der Waals surface area contributed by atoms with Crippen LogP contribution in [-0.4, -0.2) is 42.4 Å². The van der Waals surface area contributed by atoms with Crippen molar-refractivity contribution in [2.24, 2.45) is 0 Å². The molecule has 0 aromatic heterocycles. The van der Waals surface area contributed by atoms with Crippen molar-refractivity contribution >= 4 is 16.2 Å². The lowest BCUT2D eigenvalue weighted by atomic mass is 9.96. The van der Waals surface area contributed by atoms with Gasteiger partial charge < -0.3 is 5.11 Å². The van der Waals surface area contributed by atoms with Gasteiger partial charge in [-0.25, -0.2) is 0 Å². The van der Waals surface area contributed by atoms with Gasteiger partial charge in [-0.1, -0.05) is 32.1 Å². The van der Waals surface area contributed by atoms with Crippen LogP contribution in [0.2, 0.25) is 0 Å². The zero-order chi connectivity index (χ0) is 14.8. The highest BCUT2D eigenvalue weighted by atomic mass is 32.2. The van der Waals surface area contributed by atoms with Crippen LogP contribution >= 0.6 is 0 Å². The van der Waals surface area contributed by atoms with Crippen LogP contribution in [0, 0.1) is 0 Å². The van der Waals surface area contributed by atoms with Gasteiger partial charge >= 0.3 is 5.97 Å². The summed E-state index contributed by atoms with van der Waals surface area (Å²) in [5.74, 6) is -1.06. The number of nitrogens with one attached hydrogen (secondary N) is 1. The van der Waals surface area contributed by atoms with Crippen molar-refractivity contribution in [2.75, 3.05) is 7.05 Å². The third-order valence-electron chi connectivity index (χ3n) is 4.66.